The highest BCUT2D eigenvalue weighted by atomic mass is 19.1. The Hall–Kier alpha value is -1.91. The molecule has 0 unspecified atom stereocenters. The summed E-state index contributed by atoms with van der Waals surface area (Å²) in [6.07, 6.45) is 0.833. The first-order valence-electron chi connectivity index (χ1n) is 5.83. The zero-order valence-corrected chi connectivity index (χ0v) is 9.98. The van der Waals surface area contributed by atoms with E-state index in [1.54, 1.807) is 0 Å². The minimum atomic E-state index is -0.844. The predicted octanol–water partition coefficient (Wildman–Crippen LogP) is 2.11. The van der Waals surface area contributed by atoms with Crippen LogP contribution in [0.2, 0.25) is 0 Å². The molecule has 4 nitrogen and oxygen atoms in total. The van der Waals surface area contributed by atoms with Crippen LogP contribution in [0.1, 0.15) is 19.8 Å². The summed E-state index contributed by atoms with van der Waals surface area (Å²) in [6, 6.07) is 5.39. The van der Waals surface area contributed by atoms with Crippen LogP contribution in [0, 0.1) is 11.7 Å². The van der Waals surface area contributed by atoms with Crippen molar-refractivity contribution in [1.29, 1.82) is 0 Å². The van der Waals surface area contributed by atoms with Crippen molar-refractivity contribution in [3.05, 3.63) is 30.1 Å². The van der Waals surface area contributed by atoms with Gasteiger partial charge in [0.15, 0.2) is 6.10 Å². The number of ether oxygens (including phenoxy) is 1. The zero-order valence-electron chi connectivity index (χ0n) is 9.98. The van der Waals surface area contributed by atoms with Crippen molar-refractivity contribution in [1.82, 2.24) is 0 Å². The van der Waals surface area contributed by atoms with Crippen LogP contribution in [-0.2, 0) is 14.3 Å². The lowest BCUT2D eigenvalue weighted by atomic mass is 10.3. The largest absolute Gasteiger partial charge is 0.452 e. The molecule has 1 aliphatic carbocycles. The Morgan fingerprint density at radius 1 is 1.33 bits per heavy atom. The first-order valence-corrected chi connectivity index (χ1v) is 5.83. The summed E-state index contributed by atoms with van der Waals surface area (Å²) >= 11 is 0. The molecule has 0 bridgehead atoms. The monoisotopic (exact) mass is 251 g/mol. The van der Waals surface area contributed by atoms with Crippen LogP contribution in [0.15, 0.2) is 24.3 Å². The fraction of sp³-hybridized carbons (Fsp3) is 0.385. The number of rotatable bonds is 4. The van der Waals surface area contributed by atoms with E-state index >= 15 is 0 Å². The van der Waals surface area contributed by atoms with Crippen molar-refractivity contribution in [2.75, 3.05) is 5.32 Å². The fourth-order valence-corrected chi connectivity index (χ4v) is 1.42. The van der Waals surface area contributed by atoms with Crippen LogP contribution in [-0.4, -0.2) is 18.0 Å². The third-order valence-corrected chi connectivity index (χ3v) is 2.68. The van der Waals surface area contributed by atoms with Gasteiger partial charge in [-0.05, 0) is 44.0 Å². The third-order valence-electron chi connectivity index (χ3n) is 2.68. The van der Waals surface area contributed by atoms with Crippen molar-refractivity contribution in [2.24, 2.45) is 5.92 Å². The Morgan fingerprint density at radius 3 is 2.50 bits per heavy atom. The molecule has 1 saturated carbocycles. The summed E-state index contributed by atoms with van der Waals surface area (Å²) in [7, 11) is 0. The van der Waals surface area contributed by atoms with E-state index in [4.69, 9.17) is 4.74 Å². The molecule has 0 aromatic heterocycles. The Labute approximate surface area is 104 Å². The number of carbonyl (C=O) groups excluding carboxylic acids is 2. The molecule has 0 radical (unpaired) electrons. The molecule has 0 heterocycles. The molecule has 18 heavy (non-hydrogen) atoms. The number of amides is 1. The molecule has 1 N–H and O–H groups in total. The Morgan fingerprint density at radius 2 is 1.94 bits per heavy atom. The SMILES string of the molecule is C[C@H](OC(=O)C1CC1)C(=O)Nc1ccc(F)cc1. The molecule has 2 rings (SSSR count). The Bertz CT molecular complexity index is 454. The molecule has 0 spiro atoms. The van der Waals surface area contributed by atoms with Gasteiger partial charge in [-0.2, -0.15) is 0 Å². The number of esters is 1. The van der Waals surface area contributed by atoms with Gasteiger partial charge >= 0.3 is 5.97 Å². The number of benzene rings is 1. The summed E-state index contributed by atoms with van der Waals surface area (Å²) in [6.45, 7) is 1.51. The second-order valence-electron chi connectivity index (χ2n) is 4.35. The minimum absolute atomic E-state index is 0.0360. The van der Waals surface area contributed by atoms with Gasteiger partial charge in [-0.3, -0.25) is 9.59 Å². The topological polar surface area (TPSA) is 55.4 Å². The normalized spacial score (nSPS) is 15.9. The summed E-state index contributed by atoms with van der Waals surface area (Å²) in [4.78, 5) is 23.1. The Kier molecular flexibility index (Phi) is 3.60. The molecular formula is C13H14FNO3. The van der Waals surface area contributed by atoms with Gasteiger partial charge in [0.05, 0.1) is 5.92 Å². The molecule has 1 aromatic rings. The minimum Gasteiger partial charge on any atom is -0.452 e. The van der Waals surface area contributed by atoms with E-state index in [0.717, 1.165) is 12.8 Å². The van der Waals surface area contributed by atoms with Crippen LogP contribution in [0.3, 0.4) is 0 Å². The van der Waals surface area contributed by atoms with E-state index in [0.29, 0.717) is 5.69 Å². The predicted molar refractivity (Wildman–Crippen MR) is 63.3 cm³/mol. The number of carbonyl (C=O) groups is 2. The lowest BCUT2D eigenvalue weighted by molar-refractivity contribution is -0.154. The fourth-order valence-electron chi connectivity index (χ4n) is 1.42. The summed E-state index contributed by atoms with van der Waals surface area (Å²) in [5, 5.41) is 2.55. The van der Waals surface area contributed by atoms with Gasteiger partial charge in [-0.1, -0.05) is 0 Å². The van der Waals surface area contributed by atoms with E-state index in [2.05, 4.69) is 5.32 Å². The smallest absolute Gasteiger partial charge is 0.309 e. The zero-order chi connectivity index (χ0) is 13.1. The Balaban J connectivity index is 1.86. The first-order chi connectivity index (χ1) is 8.56. The standard InChI is InChI=1S/C13H14FNO3/c1-8(18-13(17)9-2-3-9)12(16)15-11-6-4-10(14)5-7-11/h4-9H,2-3H2,1H3,(H,15,16)/t8-/m0/s1. The lowest BCUT2D eigenvalue weighted by Crippen LogP contribution is -2.30. The van der Waals surface area contributed by atoms with Crippen LogP contribution in [0.25, 0.3) is 0 Å². The van der Waals surface area contributed by atoms with Gasteiger partial charge in [0.1, 0.15) is 5.82 Å². The maximum atomic E-state index is 12.7. The molecule has 0 saturated heterocycles. The average molecular weight is 251 g/mol. The number of hydrogen-bond acceptors (Lipinski definition) is 3. The highest BCUT2D eigenvalue weighted by Gasteiger charge is 2.33. The van der Waals surface area contributed by atoms with Crippen LogP contribution in [0.4, 0.5) is 10.1 Å². The quantitative estimate of drug-likeness (QED) is 0.834. The van der Waals surface area contributed by atoms with Crippen LogP contribution >= 0.6 is 0 Å². The second-order valence-corrected chi connectivity index (χ2v) is 4.35. The molecule has 1 aromatic carbocycles. The van der Waals surface area contributed by atoms with Crippen molar-refractivity contribution >= 4 is 17.6 Å². The first kappa shape index (κ1) is 12.5. The highest BCUT2D eigenvalue weighted by Crippen LogP contribution is 2.30. The van der Waals surface area contributed by atoms with Gasteiger partial charge in [0, 0.05) is 5.69 Å². The number of nitrogens with one attached hydrogen (secondary N) is 1. The van der Waals surface area contributed by atoms with Crippen molar-refractivity contribution < 1.29 is 18.7 Å². The van der Waals surface area contributed by atoms with E-state index in [9.17, 15) is 14.0 Å². The van der Waals surface area contributed by atoms with E-state index in [1.165, 1.54) is 31.2 Å². The number of hydrogen-bond donors (Lipinski definition) is 1. The van der Waals surface area contributed by atoms with Gasteiger partial charge in [0.25, 0.3) is 5.91 Å². The molecule has 1 fully saturated rings. The van der Waals surface area contributed by atoms with E-state index in [-0.39, 0.29) is 17.7 Å². The van der Waals surface area contributed by atoms with Gasteiger partial charge < -0.3 is 10.1 Å². The summed E-state index contributed by atoms with van der Waals surface area (Å²) in [5.41, 5.74) is 0.468. The molecule has 1 amide bonds. The van der Waals surface area contributed by atoms with Crippen LogP contribution < -0.4 is 5.32 Å². The number of anilines is 1. The molecule has 5 heteroatoms. The molecular weight excluding hydrogens is 237 g/mol. The van der Waals surface area contributed by atoms with Gasteiger partial charge in [0.2, 0.25) is 0 Å². The maximum absolute atomic E-state index is 12.7. The maximum Gasteiger partial charge on any atom is 0.309 e. The van der Waals surface area contributed by atoms with Gasteiger partial charge in [-0.25, -0.2) is 4.39 Å². The lowest BCUT2D eigenvalue weighted by Gasteiger charge is -2.13. The number of halogens is 1. The summed E-state index contributed by atoms with van der Waals surface area (Å²) in [5.74, 6) is -1.15. The van der Waals surface area contributed by atoms with Crippen molar-refractivity contribution in [2.45, 2.75) is 25.9 Å². The average Bonchev–Trinajstić information content (AvgIpc) is 3.16. The third kappa shape index (κ3) is 3.29. The molecule has 1 atom stereocenters. The molecule has 1 aliphatic rings. The van der Waals surface area contributed by atoms with Crippen molar-refractivity contribution in [3.8, 4) is 0 Å². The van der Waals surface area contributed by atoms with Crippen LogP contribution in [0.5, 0.6) is 0 Å². The molecule has 0 aliphatic heterocycles. The van der Waals surface area contributed by atoms with E-state index < -0.39 is 12.0 Å². The highest BCUT2D eigenvalue weighted by molar-refractivity contribution is 5.95. The second kappa shape index (κ2) is 5.16. The molecule has 96 valence electrons. The van der Waals surface area contributed by atoms with E-state index in [1.807, 2.05) is 0 Å². The summed E-state index contributed by atoms with van der Waals surface area (Å²) < 4.78 is 17.7. The van der Waals surface area contributed by atoms with Crippen molar-refractivity contribution in [3.63, 3.8) is 0 Å². The van der Waals surface area contributed by atoms with Gasteiger partial charge in [-0.15, -0.1) is 0 Å².